The van der Waals surface area contributed by atoms with Crippen LogP contribution < -0.4 is 11.4 Å². The van der Waals surface area contributed by atoms with Gasteiger partial charge in [-0.15, -0.1) is 0 Å². The number of amides is 1. The molecule has 1 unspecified atom stereocenters. The van der Waals surface area contributed by atoms with Gasteiger partial charge in [-0.05, 0) is 63.1 Å². The van der Waals surface area contributed by atoms with E-state index in [4.69, 9.17) is 5.73 Å². The maximum Gasteiger partial charge on any atom is 0.349 e. The smallest absolute Gasteiger partial charge is 0.330 e. The molecule has 0 aliphatic carbocycles. The minimum atomic E-state index is -0.300. The van der Waals surface area contributed by atoms with E-state index in [0.717, 1.165) is 28.0 Å². The van der Waals surface area contributed by atoms with Crippen LogP contribution in [0.5, 0.6) is 0 Å². The fourth-order valence-corrected chi connectivity index (χ4v) is 4.62. The molecular weight excluding hydrogens is 438 g/mol. The number of hydrogen-bond acceptors (Lipinski definition) is 4. The summed E-state index contributed by atoms with van der Waals surface area (Å²) in [7, 11) is 0. The van der Waals surface area contributed by atoms with Gasteiger partial charge in [0.05, 0.1) is 23.8 Å². The zero-order valence-corrected chi connectivity index (χ0v) is 20.6. The molecule has 4 aromatic rings. The molecule has 0 saturated carbocycles. The Hall–Kier alpha value is -3.71. The summed E-state index contributed by atoms with van der Waals surface area (Å²) in [5.74, 6) is -0.0581. The summed E-state index contributed by atoms with van der Waals surface area (Å²) in [4.78, 5) is 29.3. The molecule has 0 spiro atoms. The minimum absolute atomic E-state index is 0.0581. The molecule has 0 saturated heterocycles. The van der Waals surface area contributed by atoms with Crippen LogP contribution in [0.4, 0.5) is 0 Å². The summed E-state index contributed by atoms with van der Waals surface area (Å²) < 4.78 is 3.20. The van der Waals surface area contributed by atoms with E-state index in [1.54, 1.807) is 4.57 Å². The number of rotatable bonds is 9. The lowest BCUT2D eigenvalue weighted by atomic mass is 10.0. The lowest BCUT2D eigenvalue weighted by Gasteiger charge is -2.33. The molecule has 0 fully saturated rings. The van der Waals surface area contributed by atoms with E-state index in [1.165, 1.54) is 4.52 Å². The Bertz CT molecular complexity index is 1370. The van der Waals surface area contributed by atoms with Crippen LogP contribution in [0.3, 0.4) is 0 Å². The van der Waals surface area contributed by atoms with Crippen molar-refractivity contribution in [3.63, 3.8) is 0 Å². The second-order valence-electron chi connectivity index (χ2n) is 8.98. The average Bonchev–Trinajstić information content (AvgIpc) is 3.24. The largest absolute Gasteiger partial charge is 0.349 e. The topological polar surface area (TPSA) is 85.6 Å². The van der Waals surface area contributed by atoms with E-state index in [1.807, 2.05) is 92.4 Å². The van der Waals surface area contributed by atoms with Crippen molar-refractivity contribution in [1.29, 1.82) is 0 Å². The third-order valence-corrected chi connectivity index (χ3v) is 6.30. The summed E-state index contributed by atoms with van der Waals surface area (Å²) in [5.41, 5.74) is 10.6. The zero-order chi connectivity index (χ0) is 24.9. The van der Waals surface area contributed by atoms with Crippen LogP contribution in [0.2, 0.25) is 0 Å². The Morgan fingerprint density at radius 1 is 1.06 bits per heavy atom. The van der Waals surface area contributed by atoms with Crippen LogP contribution in [-0.4, -0.2) is 38.1 Å². The fourth-order valence-electron chi connectivity index (χ4n) is 4.62. The number of carbonyl (C=O) groups is 1. The summed E-state index contributed by atoms with van der Waals surface area (Å²) in [6.45, 7) is 7.28. The predicted molar refractivity (Wildman–Crippen MR) is 139 cm³/mol. The molecule has 0 aliphatic heterocycles. The average molecular weight is 472 g/mol. The first-order valence-corrected chi connectivity index (χ1v) is 12.1. The van der Waals surface area contributed by atoms with Crippen molar-refractivity contribution >= 4 is 11.4 Å². The van der Waals surface area contributed by atoms with Gasteiger partial charge in [0, 0.05) is 17.8 Å². The second-order valence-corrected chi connectivity index (χ2v) is 8.98. The monoisotopic (exact) mass is 471 g/mol. The highest BCUT2D eigenvalue weighted by Gasteiger charge is 2.28. The molecular formula is C28H33N5O2. The molecule has 2 aromatic heterocycles. The van der Waals surface area contributed by atoms with E-state index in [9.17, 15) is 9.59 Å². The number of aryl methyl sites for hydroxylation is 2. The second kappa shape index (κ2) is 10.7. The van der Waals surface area contributed by atoms with E-state index in [2.05, 4.69) is 5.10 Å². The molecule has 0 radical (unpaired) electrons. The Labute approximate surface area is 205 Å². The molecule has 0 bridgehead atoms. The molecule has 4 rings (SSSR count). The third kappa shape index (κ3) is 5.20. The normalized spacial score (nSPS) is 12.1. The van der Waals surface area contributed by atoms with Crippen molar-refractivity contribution in [2.45, 2.75) is 46.2 Å². The Morgan fingerprint density at radius 3 is 2.51 bits per heavy atom. The lowest BCUT2D eigenvalue weighted by Crippen LogP contribution is -2.40. The molecule has 182 valence electrons. The molecule has 1 amide bonds. The predicted octanol–water partition coefficient (Wildman–Crippen LogP) is 4.10. The van der Waals surface area contributed by atoms with E-state index >= 15 is 0 Å². The number of benzene rings is 2. The van der Waals surface area contributed by atoms with Crippen LogP contribution in [0.25, 0.3) is 5.52 Å². The molecule has 2 heterocycles. The van der Waals surface area contributed by atoms with Gasteiger partial charge in [0.2, 0.25) is 0 Å². The van der Waals surface area contributed by atoms with Gasteiger partial charge in [-0.2, -0.15) is 9.61 Å². The Balaban J connectivity index is 1.87. The first kappa shape index (κ1) is 24.4. The number of aromatic nitrogens is 3. The molecule has 7 heteroatoms. The van der Waals surface area contributed by atoms with Crippen LogP contribution in [0.15, 0.2) is 71.5 Å². The molecule has 2 aromatic carbocycles. The highest BCUT2D eigenvalue weighted by Crippen LogP contribution is 2.28. The number of hydrogen-bond donors (Lipinski definition) is 1. The van der Waals surface area contributed by atoms with Crippen molar-refractivity contribution in [2.75, 3.05) is 13.1 Å². The van der Waals surface area contributed by atoms with Gasteiger partial charge >= 0.3 is 5.69 Å². The molecule has 2 N–H and O–H groups in total. The van der Waals surface area contributed by atoms with E-state index < -0.39 is 0 Å². The van der Waals surface area contributed by atoms with E-state index in [0.29, 0.717) is 38.0 Å². The van der Waals surface area contributed by atoms with Gasteiger partial charge in [-0.3, -0.25) is 9.36 Å². The maximum atomic E-state index is 13.8. The molecule has 1 atom stereocenters. The van der Waals surface area contributed by atoms with Gasteiger partial charge in [-0.25, -0.2) is 4.79 Å². The molecule has 7 nitrogen and oxygen atoms in total. The SMILES string of the molecule is CCC(c1cc2cc(C)nn2c(=O)n1Cc1ccccc1)N(CCCN)C(=O)c1cccc(C)c1. The quantitative estimate of drug-likeness (QED) is 0.398. The van der Waals surface area contributed by atoms with Crippen molar-refractivity contribution in [1.82, 2.24) is 19.1 Å². The van der Waals surface area contributed by atoms with E-state index in [-0.39, 0.29) is 17.6 Å². The number of nitrogens with two attached hydrogens (primary N) is 1. The highest BCUT2D eigenvalue weighted by molar-refractivity contribution is 5.94. The maximum absolute atomic E-state index is 13.8. The standard InChI is InChI=1S/C28H33N5O2/c1-4-25(31(15-9-14-29)27(34)23-13-8-10-20(2)16-23)26-18-24-17-21(3)30-33(24)28(35)32(26)19-22-11-6-5-7-12-22/h5-8,10-13,16-18,25H,4,9,14-15,19,29H2,1-3H3. The van der Waals surface area contributed by atoms with Gasteiger partial charge in [0.25, 0.3) is 5.91 Å². The van der Waals surface area contributed by atoms with Gasteiger partial charge < -0.3 is 10.6 Å². The first-order valence-electron chi connectivity index (χ1n) is 12.1. The first-order chi connectivity index (χ1) is 16.9. The number of nitrogens with zero attached hydrogens (tertiary/aromatic N) is 4. The fraction of sp³-hybridized carbons (Fsp3) is 0.321. The minimum Gasteiger partial charge on any atom is -0.330 e. The van der Waals surface area contributed by atoms with Crippen LogP contribution >= 0.6 is 0 Å². The van der Waals surface area contributed by atoms with Crippen molar-refractivity contribution < 1.29 is 4.79 Å². The van der Waals surface area contributed by atoms with Gasteiger partial charge in [-0.1, -0.05) is 55.0 Å². The number of carbonyl (C=O) groups excluding carboxylic acids is 1. The summed E-state index contributed by atoms with van der Waals surface area (Å²) in [5, 5.41) is 4.41. The van der Waals surface area contributed by atoms with Gasteiger partial charge in [0.15, 0.2) is 0 Å². The Kier molecular flexibility index (Phi) is 7.46. The van der Waals surface area contributed by atoms with Crippen LogP contribution in [-0.2, 0) is 6.54 Å². The Morgan fingerprint density at radius 2 is 1.83 bits per heavy atom. The lowest BCUT2D eigenvalue weighted by molar-refractivity contribution is 0.0660. The van der Waals surface area contributed by atoms with Crippen molar-refractivity contribution in [3.8, 4) is 0 Å². The van der Waals surface area contributed by atoms with Crippen molar-refractivity contribution in [3.05, 3.63) is 105 Å². The molecule has 0 aliphatic rings. The summed E-state index contributed by atoms with van der Waals surface area (Å²) in [6, 6.07) is 21.1. The van der Waals surface area contributed by atoms with Crippen LogP contribution in [0.1, 0.15) is 58.7 Å². The van der Waals surface area contributed by atoms with Crippen LogP contribution in [0, 0.1) is 13.8 Å². The summed E-state index contributed by atoms with van der Waals surface area (Å²) >= 11 is 0. The summed E-state index contributed by atoms with van der Waals surface area (Å²) in [6.07, 6.45) is 1.32. The molecule has 35 heavy (non-hydrogen) atoms. The van der Waals surface area contributed by atoms with Gasteiger partial charge in [0.1, 0.15) is 0 Å². The number of fused-ring (bicyclic) bond motifs is 1. The highest BCUT2D eigenvalue weighted by atomic mass is 16.2. The zero-order valence-electron chi connectivity index (χ0n) is 20.6. The third-order valence-electron chi connectivity index (χ3n) is 6.30. The van der Waals surface area contributed by atoms with Crippen molar-refractivity contribution in [2.24, 2.45) is 5.73 Å².